The van der Waals surface area contributed by atoms with Gasteiger partial charge in [-0.25, -0.2) is 0 Å². The second-order valence-electron chi connectivity index (χ2n) is 6.65. The number of halogens is 1. The molecule has 0 saturated heterocycles. The fraction of sp³-hybridized carbons (Fsp3) is 0.562. The first-order chi connectivity index (χ1) is 9.70. The second-order valence-corrected chi connectivity index (χ2v) is 6.65. The highest BCUT2D eigenvalue weighted by Crippen LogP contribution is 2.35. The average Bonchev–Trinajstić information content (AvgIpc) is 2.43. The lowest BCUT2D eigenvalue weighted by molar-refractivity contribution is -0.125. The molecule has 0 saturated carbocycles. The van der Waals surface area contributed by atoms with Crippen LogP contribution in [0.5, 0.6) is 11.5 Å². The Bertz CT molecular complexity index is 539. The van der Waals surface area contributed by atoms with Gasteiger partial charge >= 0.3 is 0 Å². The summed E-state index contributed by atoms with van der Waals surface area (Å²) in [5, 5.41) is 2.91. The van der Waals surface area contributed by atoms with Crippen molar-refractivity contribution in [3.8, 4) is 11.5 Å². The van der Waals surface area contributed by atoms with E-state index in [2.05, 4.69) is 5.32 Å². The second kappa shape index (κ2) is 6.75. The lowest BCUT2D eigenvalue weighted by atomic mass is 9.83. The fourth-order valence-corrected chi connectivity index (χ4v) is 2.09. The minimum atomic E-state index is -0.666. The largest absolute Gasteiger partial charge is 0.486 e. The van der Waals surface area contributed by atoms with Crippen molar-refractivity contribution in [2.24, 2.45) is 5.73 Å². The van der Waals surface area contributed by atoms with E-state index in [0.29, 0.717) is 25.5 Å². The predicted molar refractivity (Wildman–Crippen MR) is 89.0 cm³/mol. The number of benzene rings is 1. The van der Waals surface area contributed by atoms with E-state index in [0.717, 1.165) is 11.3 Å². The quantitative estimate of drug-likeness (QED) is 0.886. The van der Waals surface area contributed by atoms with E-state index in [4.69, 9.17) is 15.2 Å². The average molecular weight is 329 g/mol. The van der Waals surface area contributed by atoms with Crippen molar-refractivity contribution in [1.82, 2.24) is 5.32 Å². The van der Waals surface area contributed by atoms with Gasteiger partial charge in [0.15, 0.2) is 11.5 Å². The lowest BCUT2D eigenvalue weighted by Gasteiger charge is -2.28. The summed E-state index contributed by atoms with van der Waals surface area (Å²) in [5.41, 5.74) is 5.70. The lowest BCUT2D eigenvalue weighted by Crippen LogP contribution is -2.49. The third kappa shape index (κ3) is 4.27. The Hall–Kier alpha value is -1.46. The monoisotopic (exact) mass is 328 g/mol. The summed E-state index contributed by atoms with van der Waals surface area (Å²) in [6.45, 7) is 9.05. The first-order valence-corrected chi connectivity index (χ1v) is 7.17. The van der Waals surface area contributed by atoms with Crippen LogP contribution in [0.1, 0.15) is 33.3 Å². The van der Waals surface area contributed by atoms with Crippen LogP contribution in [0.15, 0.2) is 18.2 Å². The van der Waals surface area contributed by atoms with Gasteiger partial charge in [0.05, 0.1) is 5.41 Å². The summed E-state index contributed by atoms with van der Waals surface area (Å²) in [4.78, 5) is 12.4. The summed E-state index contributed by atoms with van der Waals surface area (Å²) in [6, 6.07) is 5.63. The third-order valence-corrected chi connectivity index (χ3v) is 3.54. The highest BCUT2D eigenvalue weighted by molar-refractivity contribution is 5.87. The first-order valence-electron chi connectivity index (χ1n) is 7.17. The molecular formula is C16H25ClN2O3. The van der Waals surface area contributed by atoms with Gasteiger partial charge in [0, 0.05) is 12.1 Å². The third-order valence-electron chi connectivity index (χ3n) is 3.54. The number of hydrogen-bond acceptors (Lipinski definition) is 4. The van der Waals surface area contributed by atoms with Gasteiger partial charge in [-0.3, -0.25) is 4.79 Å². The maximum absolute atomic E-state index is 12.4. The van der Waals surface area contributed by atoms with E-state index in [-0.39, 0.29) is 18.3 Å². The number of nitrogens with two attached hydrogens (primary N) is 1. The van der Waals surface area contributed by atoms with Crippen LogP contribution in [0.25, 0.3) is 0 Å². The standard InChI is InChI=1S/C16H24N2O3.ClH/c1-15(2,17)10-18-14(19)16(3,4)11-5-6-12-13(9-11)21-8-7-20-12;/h5-6,9H,7-8,10,17H2,1-4H3,(H,18,19);1H. The Balaban J connectivity index is 0.00000242. The number of nitrogens with one attached hydrogen (secondary N) is 1. The van der Waals surface area contributed by atoms with Crippen LogP contribution in [-0.2, 0) is 10.2 Å². The van der Waals surface area contributed by atoms with E-state index in [1.807, 2.05) is 45.9 Å². The molecule has 22 heavy (non-hydrogen) atoms. The smallest absolute Gasteiger partial charge is 0.230 e. The highest BCUT2D eigenvalue weighted by Gasteiger charge is 2.31. The van der Waals surface area contributed by atoms with Gasteiger partial charge in [-0.1, -0.05) is 6.07 Å². The van der Waals surface area contributed by atoms with Gasteiger partial charge in [-0.2, -0.15) is 0 Å². The summed E-state index contributed by atoms with van der Waals surface area (Å²) in [5.74, 6) is 1.36. The normalized spacial score (nSPS) is 14.0. The maximum Gasteiger partial charge on any atom is 0.230 e. The summed E-state index contributed by atoms with van der Waals surface area (Å²) in [7, 11) is 0. The van der Waals surface area contributed by atoms with Crippen molar-refractivity contribution in [2.75, 3.05) is 19.8 Å². The molecule has 3 N–H and O–H groups in total. The molecule has 1 heterocycles. The van der Waals surface area contributed by atoms with Crippen molar-refractivity contribution in [1.29, 1.82) is 0 Å². The van der Waals surface area contributed by atoms with Gasteiger partial charge in [0.2, 0.25) is 5.91 Å². The Labute approximate surface area is 138 Å². The first kappa shape index (κ1) is 18.6. The molecule has 1 amide bonds. The van der Waals surface area contributed by atoms with Gasteiger partial charge < -0.3 is 20.5 Å². The summed E-state index contributed by atoms with van der Waals surface area (Å²) < 4.78 is 11.1. The van der Waals surface area contributed by atoms with Gasteiger partial charge in [0.25, 0.3) is 0 Å². The SMILES string of the molecule is CC(C)(N)CNC(=O)C(C)(C)c1ccc2c(c1)OCCO2.Cl. The number of fused-ring (bicyclic) bond motifs is 1. The predicted octanol–water partition coefficient (Wildman–Crippen LogP) is 2.01. The molecule has 2 rings (SSSR count). The zero-order chi connectivity index (χ0) is 15.7. The Morgan fingerprint density at radius 3 is 2.36 bits per heavy atom. The Kier molecular flexibility index (Phi) is 5.70. The number of carbonyl (C=O) groups is 1. The molecule has 1 aromatic rings. The van der Waals surface area contributed by atoms with Crippen LogP contribution in [0.3, 0.4) is 0 Å². The molecule has 0 fully saturated rings. The van der Waals surface area contributed by atoms with Crippen LogP contribution < -0.4 is 20.5 Å². The molecule has 124 valence electrons. The van der Waals surface area contributed by atoms with Crippen molar-refractivity contribution in [3.63, 3.8) is 0 Å². The molecular weight excluding hydrogens is 304 g/mol. The molecule has 5 nitrogen and oxygen atoms in total. The molecule has 0 radical (unpaired) electrons. The van der Waals surface area contributed by atoms with Crippen molar-refractivity contribution in [2.45, 2.75) is 38.6 Å². The van der Waals surface area contributed by atoms with Gasteiger partial charge in [0.1, 0.15) is 13.2 Å². The zero-order valence-electron chi connectivity index (χ0n) is 13.6. The number of amides is 1. The van der Waals surface area contributed by atoms with E-state index < -0.39 is 11.0 Å². The minimum absolute atomic E-state index is 0. The Morgan fingerprint density at radius 1 is 1.18 bits per heavy atom. The van der Waals surface area contributed by atoms with Crippen LogP contribution in [-0.4, -0.2) is 31.2 Å². The molecule has 0 aromatic heterocycles. The summed E-state index contributed by atoms with van der Waals surface area (Å²) >= 11 is 0. The molecule has 1 aromatic carbocycles. The topological polar surface area (TPSA) is 73.6 Å². The van der Waals surface area contributed by atoms with E-state index in [1.165, 1.54) is 0 Å². The molecule has 0 bridgehead atoms. The molecule has 1 aliphatic rings. The molecule has 0 spiro atoms. The van der Waals surface area contributed by atoms with Crippen LogP contribution >= 0.6 is 12.4 Å². The molecule has 0 aliphatic carbocycles. The number of hydrogen-bond donors (Lipinski definition) is 2. The van der Waals surface area contributed by atoms with Crippen LogP contribution in [0.4, 0.5) is 0 Å². The summed E-state index contributed by atoms with van der Waals surface area (Å²) in [6.07, 6.45) is 0. The molecule has 6 heteroatoms. The highest BCUT2D eigenvalue weighted by atomic mass is 35.5. The molecule has 1 aliphatic heterocycles. The number of ether oxygens (including phenoxy) is 2. The zero-order valence-corrected chi connectivity index (χ0v) is 14.4. The van der Waals surface area contributed by atoms with Crippen LogP contribution in [0, 0.1) is 0 Å². The fourth-order valence-electron chi connectivity index (χ4n) is 2.09. The van der Waals surface area contributed by atoms with Crippen molar-refractivity contribution in [3.05, 3.63) is 23.8 Å². The Morgan fingerprint density at radius 2 is 1.77 bits per heavy atom. The number of rotatable bonds is 4. The van der Waals surface area contributed by atoms with E-state index >= 15 is 0 Å². The molecule has 0 atom stereocenters. The van der Waals surface area contributed by atoms with Crippen LogP contribution in [0.2, 0.25) is 0 Å². The van der Waals surface area contributed by atoms with E-state index in [9.17, 15) is 4.79 Å². The van der Waals surface area contributed by atoms with Gasteiger partial charge in [-0.05, 0) is 45.4 Å². The van der Waals surface area contributed by atoms with Gasteiger partial charge in [-0.15, -0.1) is 12.4 Å². The van der Waals surface area contributed by atoms with Crippen molar-refractivity contribution < 1.29 is 14.3 Å². The minimum Gasteiger partial charge on any atom is -0.486 e. The van der Waals surface area contributed by atoms with E-state index in [1.54, 1.807) is 0 Å². The van der Waals surface area contributed by atoms with Crippen molar-refractivity contribution >= 4 is 18.3 Å². The maximum atomic E-state index is 12.4. The number of carbonyl (C=O) groups excluding carboxylic acids is 1. The molecule has 0 unspecified atom stereocenters.